The summed E-state index contributed by atoms with van der Waals surface area (Å²) in [6.45, 7) is 0.336. The van der Waals surface area contributed by atoms with E-state index >= 15 is 0 Å². The molecular formula is C28H28F2N6O3. The van der Waals surface area contributed by atoms with Gasteiger partial charge in [0.15, 0.2) is 0 Å². The van der Waals surface area contributed by atoms with Gasteiger partial charge in [-0.3, -0.25) is 19.0 Å². The maximum atomic E-state index is 13.9. The van der Waals surface area contributed by atoms with Crippen LogP contribution in [0.2, 0.25) is 0 Å². The van der Waals surface area contributed by atoms with Crippen molar-refractivity contribution in [1.29, 1.82) is 0 Å². The fourth-order valence-electron chi connectivity index (χ4n) is 3.95. The average molecular weight is 535 g/mol. The molecule has 2 aromatic carbocycles. The molecule has 39 heavy (non-hydrogen) atoms. The number of hydrogen-bond donors (Lipinski definition) is 1. The Bertz CT molecular complexity index is 1570. The Hall–Kier alpha value is -4.67. The lowest BCUT2D eigenvalue weighted by Gasteiger charge is -2.12. The Labute approximate surface area is 223 Å². The van der Waals surface area contributed by atoms with Gasteiger partial charge in [0, 0.05) is 33.1 Å². The van der Waals surface area contributed by atoms with Gasteiger partial charge < -0.3 is 14.8 Å². The van der Waals surface area contributed by atoms with Crippen molar-refractivity contribution < 1.29 is 18.4 Å². The Morgan fingerprint density at radius 2 is 1.79 bits per heavy atom. The van der Waals surface area contributed by atoms with E-state index in [1.807, 2.05) is 4.57 Å². The second-order valence-electron chi connectivity index (χ2n) is 9.19. The molecule has 4 aromatic rings. The molecule has 0 bridgehead atoms. The molecule has 0 aliphatic carbocycles. The molecule has 1 N–H and O–H groups in total. The molecule has 0 radical (unpaired) electrons. The van der Waals surface area contributed by atoms with E-state index in [9.17, 15) is 23.2 Å². The maximum Gasteiger partial charge on any atom is 0.277 e. The minimum absolute atomic E-state index is 0.0116. The molecular weight excluding hydrogens is 506 g/mol. The zero-order chi connectivity index (χ0) is 27.9. The van der Waals surface area contributed by atoms with Gasteiger partial charge in [0.1, 0.15) is 23.1 Å². The molecule has 11 heteroatoms. The van der Waals surface area contributed by atoms with Crippen LogP contribution in [0.1, 0.15) is 30.7 Å². The van der Waals surface area contributed by atoms with Gasteiger partial charge in [-0.2, -0.15) is 0 Å². The van der Waals surface area contributed by atoms with E-state index in [-0.39, 0.29) is 36.3 Å². The second-order valence-corrected chi connectivity index (χ2v) is 9.19. The number of anilines is 1. The molecule has 4 rings (SSSR count). The van der Waals surface area contributed by atoms with Crippen molar-refractivity contribution in [2.24, 2.45) is 0 Å². The Morgan fingerprint density at radius 3 is 2.54 bits per heavy atom. The fraction of sp³-hybridized carbons (Fsp3) is 0.250. The molecule has 0 atom stereocenters. The molecule has 0 saturated carbocycles. The first-order chi connectivity index (χ1) is 18.7. The summed E-state index contributed by atoms with van der Waals surface area (Å²) in [5.41, 5.74) is 1.42. The van der Waals surface area contributed by atoms with E-state index in [4.69, 9.17) is 0 Å². The summed E-state index contributed by atoms with van der Waals surface area (Å²) >= 11 is 0. The zero-order valence-corrected chi connectivity index (χ0v) is 21.6. The molecule has 2 heterocycles. The van der Waals surface area contributed by atoms with Crippen LogP contribution in [0.3, 0.4) is 0 Å². The van der Waals surface area contributed by atoms with Crippen molar-refractivity contribution in [3.8, 4) is 0 Å². The third-order valence-corrected chi connectivity index (χ3v) is 6.01. The Kier molecular flexibility index (Phi) is 8.60. The number of unbranched alkanes of at least 4 members (excludes halogenated alkanes) is 1. The number of imidazole rings is 1. The molecule has 2 aromatic heterocycles. The minimum atomic E-state index is -0.471. The van der Waals surface area contributed by atoms with Crippen LogP contribution in [-0.2, 0) is 22.7 Å². The predicted octanol–water partition coefficient (Wildman–Crippen LogP) is 3.72. The summed E-state index contributed by atoms with van der Waals surface area (Å²) in [6.07, 6.45) is 6.98. The molecule has 0 unspecified atom stereocenters. The highest BCUT2D eigenvalue weighted by atomic mass is 19.1. The summed E-state index contributed by atoms with van der Waals surface area (Å²) in [5.74, 6) is -0.816. The van der Waals surface area contributed by atoms with Gasteiger partial charge in [-0.25, -0.2) is 18.7 Å². The van der Waals surface area contributed by atoms with Crippen molar-refractivity contribution >= 4 is 28.5 Å². The number of fused-ring (bicyclic) bond motifs is 1. The van der Waals surface area contributed by atoms with E-state index in [0.717, 1.165) is 5.56 Å². The first-order valence-electron chi connectivity index (χ1n) is 12.3. The first-order valence-corrected chi connectivity index (χ1v) is 12.3. The average Bonchev–Trinajstić information content (AvgIpc) is 3.22. The van der Waals surface area contributed by atoms with E-state index in [1.165, 1.54) is 52.3 Å². The summed E-state index contributed by atoms with van der Waals surface area (Å²) in [7, 11) is 3.31. The number of carbonyl (C=O) groups is 2. The van der Waals surface area contributed by atoms with Crippen LogP contribution in [-0.4, -0.2) is 49.9 Å². The monoisotopic (exact) mass is 534 g/mol. The van der Waals surface area contributed by atoms with Crippen molar-refractivity contribution in [2.75, 3.05) is 19.4 Å². The SMILES string of the molecule is CN(C)C(=O)/C=C/CCCC(=O)Nc1cncn(Cc2nc3cc(F)ccc3n2Cc2ccc(F)cc2)c1=O. The topological polar surface area (TPSA) is 102 Å². The van der Waals surface area contributed by atoms with Gasteiger partial charge in [0.2, 0.25) is 11.8 Å². The smallest absolute Gasteiger partial charge is 0.277 e. The van der Waals surface area contributed by atoms with Gasteiger partial charge in [0.25, 0.3) is 5.56 Å². The van der Waals surface area contributed by atoms with Gasteiger partial charge in [-0.15, -0.1) is 0 Å². The number of amides is 2. The van der Waals surface area contributed by atoms with Crippen LogP contribution in [0.25, 0.3) is 11.0 Å². The summed E-state index contributed by atoms with van der Waals surface area (Å²) in [5, 5.41) is 2.60. The molecule has 0 fully saturated rings. The number of likely N-dealkylation sites (N-methyl/N-ethyl adjacent to an activating group) is 1. The summed E-state index contributed by atoms with van der Waals surface area (Å²) in [6, 6.07) is 10.2. The van der Waals surface area contributed by atoms with Crippen LogP contribution in [0, 0.1) is 11.6 Å². The summed E-state index contributed by atoms with van der Waals surface area (Å²) < 4.78 is 30.4. The molecule has 9 nitrogen and oxygen atoms in total. The van der Waals surface area contributed by atoms with Crippen LogP contribution in [0.15, 0.2) is 71.9 Å². The molecule has 202 valence electrons. The largest absolute Gasteiger partial charge is 0.345 e. The zero-order valence-electron chi connectivity index (χ0n) is 21.6. The molecule has 0 aliphatic rings. The lowest BCUT2D eigenvalue weighted by atomic mass is 10.2. The first kappa shape index (κ1) is 27.4. The Balaban J connectivity index is 1.50. The normalized spacial score (nSPS) is 11.3. The minimum Gasteiger partial charge on any atom is -0.345 e. The van der Waals surface area contributed by atoms with Gasteiger partial charge >= 0.3 is 0 Å². The van der Waals surface area contributed by atoms with Crippen molar-refractivity contribution in [1.82, 2.24) is 24.0 Å². The highest BCUT2D eigenvalue weighted by Gasteiger charge is 2.15. The predicted molar refractivity (Wildman–Crippen MR) is 143 cm³/mol. The number of hydrogen-bond acceptors (Lipinski definition) is 5. The third-order valence-electron chi connectivity index (χ3n) is 6.01. The van der Waals surface area contributed by atoms with Crippen molar-refractivity contribution in [3.63, 3.8) is 0 Å². The lowest BCUT2D eigenvalue weighted by molar-refractivity contribution is -0.123. The number of nitrogens with zero attached hydrogens (tertiary/aromatic N) is 5. The molecule has 0 spiro atoms. The number of rotatable bonds is 10. The lowest BCUT2D eigenvalue weighted by Crippen LogP contribution is -2.27. The number of aromatic nitrogens is 4. The third kappa shape index (κ3) is 7.01. The Morgan fingerprint density at radius 1 is 1.05 bits per heavy atom. The van der Waals surface area contributed by atoms with Crippen LogP contribution >= 0.6 is 0 Å². The van der Waals surface area contributed by atoms with E-state index < -0.39 is 11.4 Å². The second kappa shape index (κ2) is 12.2. The van der Waals surface area contributed by atoms with Gasteiger partial charge in [-0.1, -0.05) is 18.2 Å². The van der Waals surface area contributed by atoms with Crippen LogP contribution in [0.5, 0.6) is 0 Å². The molecule has 0 saturated heterocycles. The maximum absolute atomic E-state index is 13.9. The highest BCUT2D eigenvalue weighted by molar-refractivity contribution is 5.90. The van der Waals surface area contributed by atoms with Crippen LogP contribution in [0.4, 0.5) is 14.5 Å². The molecule has 0 aliphatic heterocycles. The number of allylic oxidation sites excluding steroid dienone is 1. The van der Waals surface area contributed by atoms with E-state index in [0.29, 0.717) is 36.2 Å². The fourth-order valence-corrected chi connectivity index (χ4v) is 3.95. The summed E-state index contributed by atoms with van der Waals surface area (Å²) in [4.78, 5) is 47.1. The number of nitrogens with one attached hydrogen (secondary N) is 1. The van der Waals surface area contributed by atoms with Crippen LogP contribution < -0.4 is 10.9 Å². The highest BCUT2D eigenvalue weighted by Crippen LogP contribution is 2.20. The van der Waals surface area contributed by atoms with Gasteiger partial charge in [0.05, 0.1) is 30.1 Å². The van der Waals surface area contributed by atoms with E-state index in [1.54, 1.807) is 38.4 Å². The quantitative estimate of drug-likeness (QED) is 0.247. The van der Waals surface area contributed by atoms with Gasteiger partial charge in [-0.05, 0) is 48.7 Å². The number of carbonyl (C=O) groups excluding carboxylic acids is 2. The number of benzene rings is 2. The van der Waals surface area contributed by atoms with E-state index in [2.05, 4.69) is 15.3 Å². The standard InChI is InChI=1S/C28H28F2N6O3/c1-34(2)27(38)7-5-3-4-6-26(37)33-23-15-31-18-35(28(23)39)17-25-32-22-14-21(30)12-13-24(22)36(25)16-19-8-10-20(29)11-9-19/h5,7-15,18H,3-4,6,16-17H2,1-2H3,(H,33,37)/b7-5+. The molecule has 2 amide bonds. The van der Waals surface area contributed by atoms with Crippen molar-refractivity contribution in [3.05, 3.63) is 101 Å². The van der Waals surface area contributed by atoms with Crippen molar-refractivity contribution in [2.45, 2.75) is 32.4 Å². The number of halogens is 2.